The fourth-order valence-electron chi connectivity index (χ4n) is 42.8. The van der Waals surface area contributed by atoms with Crippen molar-refractivity contribution >= 4 is 29.0 Å². The molecular weight excluding hydrogens is 1750 g/mol. The highest BCUT2D eigenvalue weighted by atomic mass is 16.5. The van der Waals surface area contributed by atoms with Crippen molar-refractivity contribution in [2.24, 2.45) is 176 Å². The number of carbonyl (C=O) groups is 5. The predicted octanol–water partition coefficient (Wildman–Crippen LogP) is 26.8. The molecule has 14 heteroatoms. The minimum Gasteiger partial charge on any atom is -0.371 e. The number of hydrogen-bond donors (Lipinski definition) is 0. The Hall–Kier alpha value is -3.21. The van der Waals surface area contributed by atoms with Gasteiger partial charge in [0, 0.05) is 146 Å². The number of ether oxygens (including phenoxy) is 4. The molecule has 0 N–H and O–H groups in total. The van der Waals surface area contributed by atoms with Crippen LogP contribution in [0.3, 0.4) is 0 Å². The van der Waals surface area contributed by atoms with Crippen molar-refractivity contribution in [3.8, 4) is 0 Å². The molecule has 41 atom stereocenters. The van der Waals surface area contributed by atoms with Crippen molar-refractivity contribution in [2.45, 2.75) is 485 Å². The zero-order valence-electron chi connectivity index (χ0n) is 94.4. The number of Topliss-reactive ketones (excluding diaryl/α,β-unsaturated/α-hetero) is 4. The van der Waals surface area contributed by atoms with E-state index in [-0.39, 0.29) is 22.4 Å². The van der Waals surface area contributed by atoms with E-state index in [9.17, 15) is 24.0 Å². The molecule has 7 aliphatic heterocycles. The summed E-state index contributed by atoms with van der Waals surface area (Å²) in [7, 11) is 8.74. The molecule has 14 nitrogen and oxygen atoms in total. The van der Waals surface area contributed by atoms with E-state index < -0.39 is 0 Å². The lowest BCUT2D eigenvalue weighted by Crippen LogP contribution is -2.54. The Morgan fingerprint density at radius 1 is 0.394 bits per heavy atom. The summed E-state index contributed by atoms with van der Waals surface area (Å²) in [6.45, 7) is 53.6. The van der Waals surface area contributed by atoms with Crippen LogP contribution in [0.2, 0.25) is 0 Å². The first kappa shape index (κ1) is 105. The fourth-order valence-corrected chi connectivity index (χ4v) is 42.8. The Bertz CT molecular complexity index is 4830. The number of rotatable bonds is 9. The number of likely N-dealkylation sites (N-methyl/N-ethyl adjacent to an activating group) is 2. The summed E-state index contributed by atoms with van der Waals surface area (Å²) in [5.74, 6) is 21.2. The maximum absolute atomic E-state index is 12.5. The van der Waals surface area contributed by atoms with Gasteiger partial charge in [-0.1, -0.05) is 135 Å². The SMILES string of the molecule is CC1=C2C[C@H]3[C@@H](CC[C@@H]4CC(=O)CC[C@@]43C)[C@@H]2CC[C@@]2(C1)O[C@@H]1C[C@H](C)CN(C(C)C)[C@H]1[C@H]2C.CC1=C2C[C@H]3[C@@H](CC[C@@H]4CC(=O)CC[C@@]43C)[C@@H]2CC[C@@]2(C1)O[C@@H]1C[C@H](C)CN(C)[C@H]1[C@H]2C.CC1=C2C[C@H]3[C@@H](CC[C@@H]4CC(=O)CC[C@@]43C)[C@@H]2CC[C@@]2(C1)O[C@@H]1C[C@H](C)CN(CCN(C)C)[C@H]1[C@H]2C.CCCC(=O)N(C)CCC1C[C@@H](C)C[C@H]2O[C@]3(CC[C@@H]4C(=C(C)C3)C[C@H]3[C@H]4CC[C@@H]4CC(=O)CC[C@@]43C)[C@H](C)[C@H]12. The molecule has 1 unspecified atom stereocenters. The number of amides is 1. The summed E-state index contributed by atoms with van der Waals surface area (Å²) in [4.78, 5) is 74.0. The molecule has 794 valence electrons. The third-order valence-electron chi connectivity index (χ3n) is 50.4. The lowest BCUT2D eigenvalue weighted by Gasteiger charge is -2.52. The smallest absolute Gasteiger partial charge is 0.222 e. The number of allylic oxidation sites excluding steroid dienone is 4. The van der Waals surface area contributed by atoms with E-state index in [2.05, 4.69) is 172 Å². The highest BCUT2D eigenvalue weighted by molar-refractivity contribution is 5.81. The molecule has 0 radical (unpaired) electrons. The van der Waals surface area contributed by atoms with E-state index >= 15 is 0 Å². The third-order valence-corrected chi connectivity index (χ3v) is 50.4. The largest absolute Gasteiger partial charge is 0.371 e. The quantitative estimate of drug-likeness (QED) is 0.203. The Morgan fingerprint density at radius 3 is 1.11 bits per heavy atom. The Morgan fingerprint density at radius 2 is 0.732 bits per heavy atom. The highest BCUT2D eigenvalue weighted by Crippen LogP contribution is 2.72. The Labute approximate surface area is 863 Å². The van der Waals surface area contributed by atoms with Crippen LogP contribution in [0.15, 0.2) is 44.6 Å². The molecule has 142 heavy (non-hydrogen) atoms. The lowest BCUT2D eigenvalue weighted by molar-refractivity contribution is -0.131. The normalized spacial score (nSPS) is 49.9. The molecule has 13 saturated carbocycles. The van der Waals surface area contributed by atoms with E-state index in [0.717, 1.165) is 224 Å². The van der Waals surface area contributed by atoms with Crippen LogP contribution in [0.25, 0.3) is 0 Å². The van der Waals surface area contributed by atoms with Gasteiger partial charge in [-0.05, 0) is 445 Å². The first-order chi connectivity index (χ1) is 67.5. The van der Waals surface area contributed by atoms with Crippen LogP contribution in [0.1, 0.15) is 414 Å². The summed E-state index contributed by atoms with van der Waals surface area (Å²) >= 11 is 0. The first-order valence-electron chi connectivity index (χ1n) is 61.1. The molecule has 7 heterocycles. The van der Waals surface area contributed by atoms with Gasteiger partial charge in [-0.15, -0.1) is 0 Å². The highest BCUT2D eigenvalue weighted by Gasteiger charge is 2.68. The second-order valence-corrected chi connectivity index (χ2v) is 58.3. The van der Waals surface area contributed by atoms with Crippen LogP contribution < -0.4 is 0 Å². The maximum atomic E-state index is 12.5. The van der Waals surface area contributed by atoms with E-state index in [4.69, 9.17) is 18.9 Å². The van der Waals surface area contributed by atoms with Gasteiger partial charge in [-0.25, -0.2) is 0 Å². The van der Waals surface area contributed by atoms with Crippen molar-refractivity contribution in [3.63, 3.8) is 0 Å². The Balaban J connectivity index is 0.000000112. The number of piperidine rings is 3. The number of ketones is 4. The average Bonchev–Trinajstić information content (AvgIpc) is 1.56. The van der Waals surface area contributed by atoms with Gasteiger partial charge in [0.05, 0.1) is 46.8 Å². The van der Waals surface area contributed by atoms with Crippen LogP contribution in [0, 0.1) is 176 Å². The molecule has 20 fully saturated rings. The topological polar surface area (TPSA) is 138 Å². The lowest BCUT2D eigenvalue weighted by atomic mass is 9.52. The molecule has 1 amide bonds. The van der Waals surface area contributed by atoms with E-state index in [0.29, 0.717) is 171 Å². The van der Waals surface area contributed by atoms with Gasteiger partial charge >= 0.3 is 0 Å². The number of hydrogen-bond acceptors (Lipinski definition) is 13. The number of fused-ring (bicyclic) bond motifs is 24. The summed E-state index contributed by atoms with van der Waals surface area (Å²) in [6, 6.07) is 2.37. The van der Waals surface area contributed by atoms with Crippen molar-refractivity contribution < 1.29 is 42.9 Å². The van der Waals surface area contributed by atoms with Crippen molar-refractivity contribution in [1.82, 2.24) is 24.5 Å². The predicted molar refractivity (Wildman–Crippen MR) is 572 cm³/mol. The van der Waals surface area contributed by atoms with Gasteiger partial charge in [-0.3, -0.25) is 33.8 Å². The number of nitrogens with zero attached hydrogens (tertiary/aromatic N) is 5. The van der Waals surface area contributed by atoms with Crippen LogP contribution in [0.5, 0.6) is 0 Å². The first-order valence-corrected chi connectivity index (χ1v) is 61.1. The zero-order chi connectivity index (χ0) is 100. The molecule has 0 aromatic carbocycles. The van der Waals surface area contributed by atoms with Crippen LogP contribution in [-0.2, 0) is 42.9 Å². The van der Waals surface area contributed by atoms with Crippen LogP contribution >= 0.6 is 0 Å². The zero-order valence-corrected chi connectivity index (χ0v) is 94.4. The standard InChI is InChI=1S/C36H57NO3.C32H52N2O2.C31H49NO2.C29H45NO2/c1-7-8-33(39)37(6)16-13-25-17-22(2)18-32-34(25)24(4)36(40-32)15-12-28-29-10-9-26-19-27(38)11-14-35(26,5)31(29)20-30(28)23(3)21-36;1-20-15-29-30(34(19-20)14-13-33(5)6)22(3)32(36-29)12-10-25-26-8-7-23-16-24(35)9-11-31(23,4)28(26)17-27(25)21(2)18-32;1-18(2)32-17-19(3)13-28-29(32)21(5)31(34-28)12-10-24-25-8-7-22-14-23(33)9-11-30(22,6)27(25)15-26(24)20(4)16-31;1-17-12-26-27(30(5)16-17)19(3)29(32-26)11-9-22-23-7-6-20-13-21(31)8-10-28(20,4)25(23)14-24(22)18(2)15-29/h22,24-26,28-29,31-32,34H,7-21H2,1-6H3;20,22-23,25-26,28-30H,7-19H2,1-6H3;18-19,21-22,24-25,27-29H,7-17H2,1-6H3;17,19-20,22-23,25-27H,6-16H2,1-5H3/t22-,24-,25?,26-,28+,29+,31+,32-,34-,35+,36+;20-,22+,23+,25-,26-,28-,29+,30-,31-,32-;19-,21+,22+,24-,25-,27-,28+,29-,30-,31-;17-,19+,20+,22-,23-,25-,26+,27-,28-,29-/m1000/s1. The van der Waals surface area contributed by atoms with Gasteiger partial charge < -0.3 is 33.6 Å². The molecular formula is C128H203N5O9. The van der Waals surface area contributed by atoms with E-state index in [1.54, 1.807) is 27.9 Å². The van der Waals surface area contributed by atoms with Crippen molar-refractivity contribution in [1.29, 1.82) is 0 Å². The van der Waals surface area contributed by atoms with Gasteiger partial charge in [-0.2, -0.15) is 0 Å². The number of carbonyl (C=O) groups excluding carboxylic acids is 5. The summed E-state index contributed by atoms with van der Waals surface area (Å²) in [6.07, 6.45) is 52.5. The molecule has 4 spiro atoms. The second-order valence-electron chi connectivity index (χ2n) is 58.3. The van der Waals surface area contributed by atoms with Crippen molar-refractivity contribution in [2.75, 3.05) is 67.5 Å². The van der Waals surface area contributed by atoms with Gasteiger partial charge in [0.15, 0.2) is 0 Å². The molecule has 24 rings (SSSR count). The molecule has 0 aromatic heterocycles. The minimum atomic E-state index is -0.00312. The minimum absolute atomic E-state index is 0.00312. The van der Waals surface area contributed by atoms with Gasteiger partial charge in [0.2, 0.25) is 5.91 Å². The summed E-state index contributed by atoms with van der Waals surface area (Å²) in [5, 5.41) is 0. The summed E-state index contributed by atoms with van der Waals surface area (Å²) in [5.41, 5.74) is 15.7. The van der Waals surface area contributed by atoms with Gasteiger partial charge in [0.1, 0.15) is 23.1 Å². The fraction of sp³-hybridized carbons (Fsp3) is 0.898. The third kappa shape index (κ3) is 18.1. The summed E-state index contributed by atoms with van der Waals surface area (Å²) < 4.78 is 28.9. The molecule has 24 aliphatic rings. The van der Waals surface area contributed by atoms with Crippen LogP contribution in [-0.4, -0.2) is 192 Å². The molecule has 0 bridgehead atoms. The number of likely N-dealkylation sites (tertiary alicyclic amines) is 3. The molecule has 0 aromatic rings. The maximum Gasteiger partial charge on any atom is 0.222 e. The monoisotopic (exact) mass is 1950 g/mol. The van der Waals surface area contributed by atoms with Gasteiger partial charge in [0.25, 0.3) is 0 Å². The molecule has 7 saturated heterocycles. The average molecular weight is 1960 g/mol. The van der Waals surface area contributed by atoms with E-state index in [1.165, 1.54) is 180 Å². The van der Waals surface area contributed by atoms with E-state index in [1.807, 2.05) is 28.7 Å². The van der Waals surface area contributed by atoms with Crippen LogP contribution in [0.4, 0.5) is 0 Å². The van der Waals surface area contributed by atoms with Crippen molar-refractivity contribution in [3.05, 3.63) is 44.6 Å². The Kier molecular flexibility index (Phi) is 29.2. The second kappa shape index (κ2) is 39.7. The molecule has 17 aliphatic carbocycles.